The standard InChI is InChI=1S/C17H19ClFN5O/c1-12(17(25)22-14-4-2-3-13(19)9-14)23-5-7-24(8-6-23)16-15(18)10-20-11-21-16/h2-4,9-12H,5-8H2,1H3,(H,22,25). The van der Waals surface area contributed by atoms with Crippen LogP contribution in [0.2, 0.25) is 5.02 Å². The molecule has 1 aliphatic heterocycles. The van der Waals surface area contributed by atoms with Gasteiger partial charge in [-0.3, -0.25) is 9.69 Å². The van der Waals surface area contributed by atoms with Gasteiger partial charge in [-0.05, 0) is 25.1 Å². The van der Waals surface area contributed by atoms with E-state index >= 15 is 0 Å². The molecule has 1 N–H and O–H groups in total. The Bertz CT molecular complexity index is 751. The molecule has 2 aromatic rings. The molecule has 0 bridgehead atoms. The maximum absolute atomic E-state index is 13.2. The van der Waals surface area contributed by atoms with E-state index in [-0.39, 0.29) is 17.8 Å². The van der Waals surface area contributed by atoms with Crippen molar-refractivity contribution in [2.24, 2.45) is 0 Å². The Morgan fingerprint density at radius 3 is 2.76 bits per heavy atom. The third-order valence-electron chi connectivity index (χ3n) is 4.28. The molecule has 1 aromatic carbocycles. The minimum absolute atomic E-state index is 0.154. The van der Waals surface area contributed by atoms with Crippen molar-refractivity contribution in [1.29, 1.82) is 0 Å². The van der Waals surface area contributed by atoms with Gasteiger partial charge in [-0.15, -0.1) is 0 Å². The largest absolute Gasteiger partial charge is 0.353 e. The van der Waals surface area contributed by atoms with Gasteiger partial charge in [0, 0.05) is 31.9 Å². The normalized spacial score (nSPS) is 16.5. The number of amides is 1. The summed E-state index contributed by atoms with van der Waals surface area (Å²) in [5.74, 6) is 0.188. The molecule has 0 spiro atoms. The zero-order valence-corrected chi connectivity index (χ0v) is 14.6. The van der Waals surface area contributed by atoms with Crippen LogP contribution < -0.4 is 10.2 Å². The fourth-order valence-corrected chi connectivity index (χ4v) is 3.06. The summed E-state index contributed by atoms with van der Waals surface area (Å²) >= 11 is 6.13. The minimum atomic E-state index is -0.374. The summed E-state index contributed by atoms with van der Waals surface area (Å²) in [6, 6.07) is 5.57. The van der Waals surface area contributed by atoms with Crippen LogP contribution >= 0.6 is 11.6 Å². The van der Waals surface area contributed by atoms with E-state index in [0.717, 1.165) is 0 Å². The third kappa shape index (κ3) is 4.24. The lowest BCUT2D eigenvalue weighted by atomic mass is 10.2. The number of anilines is 2. The van der Waals surface area contributed by atoms with E-state index in [1.807, 2.05) is 6.92 Å². The Kier molecular flexibility index (Phi) is 5.45. The summed E-state index contributed by atoms with van der Waals surface area (Å²) in [4.78, 5) is 24.7. The number of benzene rings is 1. The smallest absolute Gasteiger partial charge is 0.241 e. The Morgan fingerprint density at radius 1 is 1.32 bits per heavy atom. The Hall–Kier alpha value is -2.25. The number of nitrogens with one attached hydrogen (secondary N) is 1. The summed E-state index contributed by atoms with van der Waals surface area (Å²) in [5.41, 5.74) is 0.461. The highest BCUT2D eigenvalue weighted by Gasteiger charge is 2.26. The van der Waals surface area contributed by atoms with Crippen LogP contribution in [0.4, 0.5) is 15.9 Å². The fraction of sp³-hybridized carbons (Fsp3) is 0.353. The van der Waals surface area contributed by atoms with Crippen LogP contribution in [0.1, 0.15) is 6.92 Å². The average molecular weight is 364 g/mol. The first-order chi connectivity index (χ1) is 12.0. The molecular formula is C17H19ClFN5O. The van der Waals surface area contributed by atoms with Gasteiger partial charge in [0.1, 0.15) is 17.2 Å². The molecule has 1 unspecified atom stereocenters. The van der Waals surface area contributed by atoms with Crippen molar-refractivity contribution in [3.63, 3.8) is 0 Å². The molecule has 0 saturated carbocycles. The first-order valence-corrected chi connectivity index (χ1v) is 8.43. The van der Waals surface area contributed by atoms with Gasteiger partial charge in [0.15, 0.2) is 5.82 Å². The molecule has 3 rings (SSSR count). The highest BCUT2D eigenvalue weighted by molar-refractivity contribution is 6.32. The number of rotatable bonds is 4. The molecule has 25 heavy (non-hydrogen) atoms. The van der Waals surface area contributed by atoms with Gasteiger partial charge in [-0.2, -0.15) is 0 Å². The van der Waals surface area contributed by atoms with Crippen molar-refractivity contribution in [2.75, 3.05) is 36.4 Å². The van der Waals surface area contributed by atoms with Gasteiger partial charge < -0.3 is 10.2 Å². The number of carbonyl (C=O) groups is 1. The molecule has 8 heteroatoms. The maximum atomic E-state index is 13.2. The minimum Gasteiger partial charge on any atom is -0.353 e. The SMILES string of the molecule is CC(C(=O)Nc1cccc(F)c1)N1CCN(c2ncncc2Cl)CC1. The monoisotopic (exact) mass is 363 g/mol. The number of nitrogens with zero attached hydrogens (tertiary/aromatic N) is 4. The summed E-state index contributed by atoms with van der Waals surface area (Å²) in [6.45, 7) is 4.70. The van der Waals surface area contributed by atoms with Crippen molar-refractivity contribution >= 4 is 29.0 Å². The molecule has 1 saturated heterocycles. The molecule has 6 nitrogen and oxygen atoms in total. The quantitative estimate of drug-likeness (QED) is 0.904. The van der Waals surface area contributed by atoms with Crippen LogP contribution in [0.25, 0.3) is 0 Å². The summed E-state index contributed by atoms with van der Waals surface area (Å²) in [6.07, 6.45) is 3.05. The van der Waals surface area contributed by atoms with E-state index in [0.29, 0.717) is 42.7 Å². The lowest BCUT2D eigenvalue weighted by Gasteiger charge is -2.38. The number of carbonyl (C=O) groups excluding carboxylic acids is 1. The second-order valence-electron chi connectivity index (χ2n) is 5.89. The first kappa shape index (κ1) is 17.6. The van der Waals surface area contributed by atoms with Gasteiger partial charge in [0.05, 0.1) is 12.2 Å². The van der Waals surface area contributed by atoms with E-state index in [1.54, 1.807) is 18.3 Å². The number of hydrogen-bond acceptors (Lipinski definition) is 5. The van der Waals surface area contributed by atoms with Gasteiger partial charge >= 0.3 is 0 Å². The van der Waals surface area contributed by atoms with Crippen molar-refractivity contribution in [1.82, 2.24) is 14.9 Å². The molecule has 1 aliphatic rings. The molecule has 1 amide bonds. The Morgan fingerprint density at radius 2 is 2.08 bits per heavy atom. The van der Waals surface area contributed by atoms with Crippen molar-refractivity contribution in [2.45, 2.75) is 13.0 Å². The summed E-state index contributed by atoms with van der Waals surface area (Å²) in [7, 11) is 0. The third-order valence-corrected chi connectivity index (χ3v) is 4.55. The van der Waals surface area contributed by atoms with E-state index in [2.05, 4.69) is 25.1 Å². The molecular weight excluding hydrogens is 345 g/mol. The zero-order chi connectivity index (χ0) is 17.8. The van der Waals surface area contributed by atoms with Crippen LogP contribution in [-0.2, 0) is 4.79 Å². The fourth-order valence-electron chi connectivity index (χ4n) is 2.84. The number of aromatic nitrogens is 2. The van der Waals surface area contributed by atoms with Crippen molar-refractivity contribution in [3.05, 3.63) is 47.6 Å². The highest BCUT2D eigenvalue weighted by Crippen LogP contribution is 2.23. The van der Waals surface area contributed by atoms with E-state index in [9.17, 15) is 9.18 Å². The summed E-state index contributed by atoms with van der Waals surface area (Å²) < 4.78 is 13.2. The Balaban J connectivity index is 1.57. The average Bonchev–Trinajstić information content (AvgIpc) is 2.62. The van der Waals surface area contributed by atoms with E-state index < -0.39 is 0 Å². The van der Waals surface area contributed by atoms with Gasteiger partial charge in [0.2, 0.25) is 5.91 Å². The predicted octanol–water partition coefficient (Wildman–Crippen LogP) is 2.42. The number of halogens is 2. The molecule has 0 radical (unpaired) electrons. The van der Waals surface area contributed by atoms with Crippen LogP contribution in [-0.4, -0.2) is 53.0 Å². The van der Waals surface area contributed by atoms with Crippen molar-refractivity contribution < 1.29 is 9.18 Å². The van der Waals surface area contributed by atoms with Crippen LogP contribution in [0, 0.1) is 5.82 Å². The second kappa shape index (κ2) is 7.76. The number of hydrogen-bond donors (Lipinski definition) is 1. The molecule has 2 heterocycles. The molecule has 0 aliphatic carbocycles. The predicted molar refractivity (Wildman–Crippen MR) is 95.3 cm³/mol. The van der Waals surface area contributed by atoms with Crippen LogP contribution in [0.5, 0.6) is 0 Å². The first-order valence-electron chi connectivity index (χ1n) is 8.05. The van der Waals surface area contributed by atoms with E-state index in [1.165, 1.54) is 18.5 Å². The van der Waals surface area contributed by atoms with E-state index in [4.69, 9.17) is 11.6 Å². The van der Waals surface area contributed by atoms with Gasteiger partial charge in [0.25, 0.3) is 0 Å². The Labute approximate surface area is 150 Å². The molecule has 132 valence electrons. The lowest BCUT2D eigenvalue weighted by Crippen LogP contribution is -2.53. The molecule has 1 atom stereocenters. The molecule has 1 aromatic heterocycles. The van der Waals surface area contributed by atoms with Crippen molar-refractivity contribution in [3.8, 4) is 0 Å². The second-order valence-corrected chi connectivity index (χ2v) is 6.30. The van der Waals surface area contributed by atoms with Crippen LogP contribution in [0.15, 0.2) is 36.8 Å². The number of piperazine rings is 1. The topological polar surface area (TPSA) is 61.4 Å². The lowest BCUT2D eigenvalue weighted by molar-refractivity contribution is -0.120. The zero-order valence-electron chi connectivity index (χ0n) is 13.8. The highest BCUT2D eigenvalue weighted by atomic mass is 35.5. The van der Waals surface area contributed by atoms with Gasteiger partial charge in [-0.25, -0.2) is 14.4 Å². The molecule has 1 fully saturated rings. The summed E-state index contributed by atoms with van der Waals surface area (Å²) in [5, 5.41) is 3.28. The van der Waals surface area contributed by atoms with Gasteiger partial charge in [-0.1, -0.05) is 17.7 Å². The maximum Gasteiger partial charge on any atom is 0.241 e. The van der Waals surface area contributed by atoms with Crippen LogP contribution in [0.3, 0.4) is 0 Å².